The lowest BCUT2D eigenvalue weighted by Gasteiger charge is -2.30. The number of hydrogen-bond acceptors (Lipinski definition) is 5. The minimum atomic E-state index is -0.221. The van der Waals surface area contributed by atoms with Crippen molar-refractivity contribution in [2.24, 2.45) is 5.92 Å². The molecular formula is C18H23FN4O2. The minimum absolute atomic E-state index is 0.0151. The summed E-state index contributed by atoms with van der Waals surface area (Å²) in [5.41, 5.74) is 0.632. The molecule has 0 radical (unpaired) electrons. The van der Waals surface area contributed by atoms with Crippen molar-refractivity contribution in [2.45, 2.75) is 32.7 Å². The molecule has 7 heteroatoms. The standard InChI is InChI=1S/C18H23FN4O2/c1-13-21-17(25-22-13)12-23-10-7-15(8-11-23)18(24)20-9-6-14-4-2-3-5-16(14)19/h2-5,15H,6-12H2,1H3,(H,20,24). The average Bonchev–Trinajstić information content (AvgIpc) is 3.02. The van der Waals surface area contributed by atoms with E-state index < -0.39 is 0 Å². The quantitative estimate of drug-likeness (QED) is 0.867. The van der Waals surface area contributed by atoms with Gasteiger partial charge in [0.05, 0.1) is 6.54 Å². The van der Waals surface area contributed by atoms with Crippen LogP contribution in [0.4, 0.5) is 4.39 Å². The molecule has 1 aromatic carbocycles. The van der Waals surface area contributed by atoms with Crippen molar-refractivity contribution in [3.63, 3.8) is 0 Å². The van der Waals surface area contributed by atoms with Crippen molar-refractivity contribution in [1.29, 1.82) is 0 Å². The Labute approximate surface area is 146 Å². The van der Waals surface area contributed by atoms with Gasteiger partial charge in [-0.15, -0.1) is 0 Å². The molecule has 6 nitrogen and oxygen atoms in total. The number of carbonyl (C=O) groups is 1. The Bertz CT molecular complexity index is 711. The number of halogens is 1. The third-order valence-electron chi connectivity index (χ3n) is 4.54. The molecule has 1 N–H and O–H groups in total. The maximum absolute atomic E-state index is 13.6. The molecule has 3 rings (SSSR count). The predicted octanol–water partition coefficient (Wildman–Crippen LogP) is 2.09. The van der Waals surface area contributed by atoms with E-state index in [4.69, 9.17) is 4.52 Å². The summed E-state index contributed by atoms with van der Waals surface area (Å²) in [5, 5.41) is 6.72. The van der Waals surface area contributed by atoms with E-state index in [-0.39, 0.29) is 17.6 Å². The van der Waals surface area contributed by atoms with E-state index in [1.54, 1.807) is 25.1 Å². The zero-order valence-corrected chi connectivity index (χ0v) is 14.4. The fourth-order valence-electron chi connectivity index (χ4n) is 3.11. The number of amides is 1. The third kappa shape index (κ3) is 4.85. The Morgan fingerprint density at radius 1 is 1.36 bits per heavy atom. The molecule has 1 saturated heterocycles. The third-order valence-corrected chi connectivity index (χ3v) is 4.54. The molecule has 2 heterocycles. The number of aryl methyl sites for hydroxylation is 1. The van der Waals surface area contributed by atoms with Gasteiger partial charge in [-0.05, 0) is 50.9 Å². The molecule has 1 aromatic heterocycles. The van der Waals surface area contributed by atoms with Crippen LogP contribution in [-0.4, -0.2) is 40.6 Å². The summed E-state index contributed by atoms with van der Waals surface area (Å²) in [6, 6.07) is 6.67. The molecule has 2 aromatic rings. The van der Waals surface area contributed by atoms with E-state index in [0.29, 0.717) is 36.8 Å². The fourth-order valence-corrected chi connectivity index (χ4v) is 3.11. The van der Waals surface area contributed by atoms with Crippen molar-refractivity contribution >= 4 is 5.91 Å². The van der Waals surface area contributed by atoms with Gasteiger partial charge in [0, 0.05) is 12.5 Å². The fraction of sp³-hybridized carbons (Fsp3) is 0.500. The van der Waals surface area contributed by atoms with Gasteiger partial charge in [-0.2, -0.15) is 4.98 Å². The normalized spacial score (nSPS) is 16.1. The molecule has 0 aliphatic carbocycles. The first-order valence-corrected chi connectivity index (χ1v) is 8.64. The molecule has 1 aliphatic rings. The Balaban J connectivity index is 1.38. The molecule has 1 aliphatic heterocycles. The number of benzene rings is 1. The van der Waals surface area contributed by atoms with Crippen LogP contribution in [0.3, 0.4) is 0 Å². The summed E-state index contributed by atoms with van der Waals surface area (Å²) >= 11 is 0. The summed E-state index contributed by atoms with van der Waals surface area (Å²) in [6.07, 6.45) is 2.12. The first kappa shape index (κ1) is 17.5. The molecule has 0 atom stereocenters. The number of nitrogens with zero attached hydrogens (tertiary/aromatic N) is 3. The highest BCUT2D eigenvalue weighted by atomic mass is 19.1. The van der Waals surface area contributed by atoms with Gasteiger partial charge in [0.2, 0.25) is 11.8 Å². The summed E-state index contributed by atoms with van der Waals surface area (Å²) in [4.78, 5) is 18.7. The van der Waals surface area contributed by atoms with Crippen molar-refractivity contribution in [1.82, 2.24) is 20.4 Å². The molecule has 1 fully saturated rings. The zero-order chi connectivity index (χ0) is 17.6. The second-order valence-electron chi connectivity index (χ2n) is 6.42. The first-order valence-electron chi connectivity index (χ1n) is 8.64. The van der Waals surface area contributed by atoms with Crippen LogP contribution in [0.1, 0.15) is 30.1 Å². The molecule has 25 heavy (non-hydrogen) atoms. The lowest BCUT2D eigenvalue weighted by Crippen LogP contribution is -2.40. The van der Waals surface area contributed by atoms with Crippen LogP contribution in [0.25, 0.3) is 0 Å². The molecule has 0 saturated carbocycles. The van der Waals surface area contributed by atoms with Crippen molar-refractivity contribution in [3.8, 4) is 0 Å². The van der Waals surface area contributed by atoms with Gasteiger partial charge < -0.3 is 9.84 Å². The highest BCUT2D eigenvalue weighted by Crippen LogP contribution is 2.19. The van der Waals surface area contributed by atoms with Crippen LogP contribution in [0.15, 0.2) is 28.8 Å². The van der Waals surface area contributed by atoms with E-state index in [1.165, 1.54) is 6.07 Å². The van der Waals surface area contributed by atoms with E-state index in [9.17, 15) is 9.18 Å². The zero-order valence-electron chi connectivity index (χ0n) is 14.4. The van der Waals surface area contributed by atoms with Crippen molar-refractivity contribution in [2.75, 3.05) is 19.6 Å². The molecule has 134 valence electrons. The van der Waals surface area contributed by atoms with Crippen LogP contribution < -0.4 is 5.32 Å². The predicted molar refractivity (Wildman–Crippen MR) is 90.1 cm³/mol. The number of aromatic nitrogens is 2. The van der Waals surface area contributed by atoms with E-state index >= 15 is 0 Å². The van der Waals surface area contributed by atoms with Gasteiger partial charge in [-0.3, -0.25) is 9.69 Å². The number of carbonyl (C=O) groups excluding carboxylic acids is 1. The highest BCUT2D eigenvalue weighted by molar-refractivity contribution is 5.78. The molecule has 0 bridgehead atoms. The van der Waals surface area contributed by atoms with Crippen molar-refractivity contribution in [3.05, 3.63) is 47.4 Å². The molecule has 0 spiro atoms. The maximum Gasteiger partial charge on any atom is 0.240 e. The minimum Gasteiger partial charge on any atom is -0.356 e. The second-order valence-corrected chi connectivity index (χ2v) is 6.42. The largest absolute Gasteiger partial charge is 0.356 e. The Hall–Kier alpha value is -2.28. The summed E-state index contributed by atoms with van der Waals surface area (Å²) < 4.78 is 18.7. The number of nitrogens with one attached hydrogen (secondary N) is 1. The number of likely N-dealkylation sites (tertiary alicyclic amines) is 1. The Morgan fingerprint density at radius 2 is 2.12 bits per heavy atom. The molecule has 1 amide bonds. The van der Waals surface area contributed by atoms with Gasteiger partial charge in [0.1, 0.15) is 5.82 Å². The molecular weight excluding hydrogens is 323 g/mol. The van der Waals surface area contributed by atoms with E-state index in [0.717, 1.165) is 25.9 Å². The second kappa shape index (κ2) is 8.20. The van der Waals surface area contributed by atoms with Crippen LogP contribution in [0.2, 0.25) is 0 Å². The van der Waals surface area contributed by atoms with Crippen LogP contribution in [-0.2, 0) is 17.8 Å². The van der Waals surface area contributed by atoms with E-state index in [2.05, 4.69) is 20.4 Å². The summed E-state index contributed by atoms with van der Waals surface area (Å²) in [7, 11) is 0. The van der Waals surface area contributed by atoms with Gasteiger partial charge in [-0.1, -0.05) is 23.4 Å². The van der Waals surface area contributed by atoms with Crippen LogP contribution >= 0.6 is 0 Å². The number of rotatable bonds is 6. The first-order chi connectivity index (χ1) is 12.1. The smallest absolute Gasteiger partial charge is 0.240 e. The lowest BCUT2D eigenvalue weighted by molar-refractivity contribution is -0.126. The lowest BCUT2D eigenvalue weighted by atomic mass is 9.96. The Morgan fingerprint density at radius 3 is 2.80 bits per heavy atom. The van der Waals surface area contributed by atoms with Crippen molar-refractivity contribution < 1.29 is 13.7 Å². The van der Waals surface area contributed by atoms with Gasteiger partial charge in [0.25, 0.3) is 0 Å². The SMILES string of the molecule is Cc1noc(CN2CCC(C(=O)NCCc3ccccc3F)CC2)n1. The van der Waals surface area contributed by atoms with Gasteiger partial charge in [0.15, 0.2) is 5.82 Å². The Kier molecular flexibility index (Phi) is 5.75. The van der Waals surface area contributed by atoms with Gasteiger partial charge in [-0.25, -0.2) is 4.39 Å². The highest BCUT2D eigenvalue weighted by Gasteiger charge is 2.25. The average molecular weight is 346 g/mol. The summed E-state index contributed by atoms with van der Waals surface area (Å²) in [6.45, 7) is 4.54. The molecule has 0 unspecified atom stereocenters. The van der Waals surface area contributed by atoms with Crippen LogP contribution in [0, 0.1) is 18.7 Å². The summed E-state index contributed by atoms with van der Waals surface area (Å²) in [5.74, 6) is 1.11. The van der Waals surface area contributed by atoms with E-state index in [1.807, 2.05) is 0 Å². The van der Waals surface area contributed by atoms with Crippen LogP contribution in [0.5, 0.6) is 0 Å². The number of piperidine rings is 1. The maximum atomic E-state index is 13.6. The number of hydrogen-bond donors (Lipinski definition) is 1. The topological polar surface area (TPSA) is 71.3 Å². The monoisotopic (exact) mass is 346 g/mol. The van der Waals surface area contributed by atoms with Gasteiger partial charge >= 0.3 is 0 Å².